The SMILES string of the molecule is Cn1cc(-c2ccc(-c3ccc(-c4nc5nc(O[C@@H]6CO[C@H]7[C@@H]6OC[C@H]7O)[nH]c5cc4Cl)cc3)cc2)cn1. The number of H-pyrrole nitrogens is 1. The Balaban J connectivity index is 1.11. The minimum atomic E-state index is -0.634. The molecule has 2 aliphatic heterocycles. The van der Waals surface area contributed by atoms with Gasteiger partial charge in [0, 0.05) is 24.4 Å². The number of hydrogen-bond donors (Lipinski definition) is 2. The fourth-order valence-electron chi connectivity index (χ4n) is 5.09. The zero-order valence-electron chi connectivity index (χ0n) is 20.4. The van der Waals surface area contributed by atoms with E-state index in [2.05, 4.69) is 51.5 Å². The van der Waals surface area contributed by atoms with Crippen molar-refractivity contribution in [2.45, 2.75) is 24.4 Å². The maximum absolute atomic E-state index is 9.95. The number of aliphatic hydroxyl groups excluding tert-OH is 1. The Kier molecular flexibility index (Phi) is 5.66. The van der Waals surface area contributed by atoms with Crippen molar-refractivity contribution in [2.75, 3.05) is 13.2 Å². The summed E-state index contributed by atoms with van der Waals surface area (Å²) in [4.78, 5) is 12.3. The summed E-state index contributed by atoms with van der Waals surface area (Å²) in [6, 6.07) is 18.7. The van der Waals surface area contributed by atoms with E-state index in [1.165, 1.54) is 0 Å². The Morgan fingerprint density at radius 2 is 1.58 bits per heavy atom. The van der Waals surface area contributed by atoms with Gasteiger partial charge in [-0.25, -0.2) is 4.98 Å². The second-order valence-corrected chi connectivity index (χ2v) is 10.0. The van der Waals surface area contributed by atoms with E-state index >= 15 is 0 Å². The molecule has 3 aromatic heterocycles. The number of imidazole rings is 1. The van der Waals surface area contributed by atoms with Crippen LogP contribution in [-0.2, 0) is 16.5 Å². The molecule has 0 spiro atoms. The van der Waals surface area contributed by atoms with E-state index in [0.29, 0.717) is 34.5 Å². The van der Waals surface area contributed by atoms with Gasteiger partial charge in [0.05, 0.1) is 35.6 Å². The molecule has 2 fully saturated rings. The number of aromatic nitrogens is 5. The van der Waals surface area contributed by atoms with Crippen LogP contribution in [0.2, 0.25) is 5.02 Å². The maximum Gasteiger partial charge on any atom is 0.296 e. The van der Waals surface area contributed by atoms with E-state index in [4.69, 9.17) is 30.8 Å². The number of benzene rings is 2. The lowest BCUT2D eigenvalue weighted by atomic mass is 10.00. The first-order chi connectivity index (χ1) is 18.5. The number of pyridine rings is 1. The van der Waals surface area contributed by atoms with Crippen molar-refractivity contribution in [3.8, 4) is 39.5 Å². The molecule has 0 bridgehead atoms. The highest BCUT2D eigenvalue weighted by Crippen LogP contribution is 2.33. The fraction of sp³-hybridized carbons (Fsp3) is 0.250. The van der Waals surface area contributed by atoms with Gasteiger partial charge < -0.3 is 24.3 Å². The quantitative estimate of drug-likeness (QED) is 0.350. The van der Waals surface area contributed by atoms with Crippen molar-refractivity contribution in [1.82, 2.24) is 24.7 Å². The van der Waals surface area contributed by atoms with Crippen LogP contribution in [0.3, 0.4) is 0 Å². The van der Waals surface area contributed by atoms with Gasteiger partial charge in [-0.2, -0.15) is 10.1 Å². The van der Waals surface area contributed by atoms with E-state index in [1.807, 2.05) is 31.6 Å². The molecule has 5 heterocycles. The van der Waals surface area contributed by atoms with Crippen molar-refractivity contribution in [2.24, 2.45) is 7.05 Å². The van der Waals surface area contributed by atoms with Gasteiger partial charge in [-0.05, 0) is 22.8 Å². The van der Waals surface area contributed by atoms with Gasteiger partial charge in [0.2, 0.25) is 0 Å². The number of nitrogens with one attached hydrogen (secondary N) is 1. The summed E-state index contributed by atoms with van der Waals surface area (Å²) >= 11 is 6.61. The molecule has 0 radical (unpaired) electrons. The van der Waals surface area contributed by atoms with Crippen LogP contribution in [0.1, 0.15) is 0 Å². The molecule has 192 valence electrons. The number of rotatable bonds is 5. The average molecular weight is 530 g/mol. The molecule has 10 heteroatoms. The molecular formula is C28H24ClN5O4. The van der Waals surface area contributed by atoms with E-state index in [-0.39, 0.29) is 24.9 Å². The third-order valence-electron chi connectivity index (χ3n) is 7.06. The molecule has 0 aliphatic carbocycles. The minimum Gasteiger partial charge on any atom is -0.456 e. The Morgan fingerprint density at radius 3 is 2.26 bits per heavy atom. The Morgan fingerprint density at radius 1 is 0.921 bits per heavy atom. The van der Waals surface area contributed by atoms with E-state index in [0.717, 1.165) is 27.8 Å². The number of fused-ring (bicyclic) bond motifs is 2. The molecule has 5 aromatic rings. The highest BCUT2D eigenvalue weighted by molar-refractivity contribution is 6.33. The molecule has 0 unspecified atom stereocenters. The second kappa shape index (κ2) is 9.21. The first-order valence-corrected chi connectivity index (χ1v) is 12.7. The van der Waals surface area contributed by atoms with Gasteiger partial charge in [-0.3, -0.25) is 4.68 Å². The lowest BCUT2D eigenvalue weighted by Gasteiger charge is -2.15. The summed E-state index contributed by atoms with van der Waals surface area (Å²) in [5.41, 5.74) is 7.11. The van der Waals surface area contributed by atoms with Crippen molar-refractivity contribution in [3.05, 3.63) is 72.0 Å². The van der Waals surface area contributed by atoms with Crippen LogP contribution in [0, 0.1) is 0 Å². The molecule has 7 rings (SSSR count). The van der Waals surface area contributed by atoms with Crippen LogP contribution < -0.4 is 4.74 Å². The summed E-state index contributed by atoms with van der Waals surface area (Å²) in [6.07, 6.45) is 2.17. The van der Waals surface area contributed by atoms with E-state index in [1.54, 1.807) is 10.7 Å². The topological polar surface area (TPSA) is 107 Å². The van der Waals surface area contributed by atoms with Crippen LogP contribution in [0.5, 0.6) is 6.01 Å². The number of hydrogen-bond acceptors (Lipinski definition) is 7. The van der Waals surface area contributed by atoms with Crippen molar-refractivity contribution >= 4 is 22.8 Å². The third kappa shape index (κ3) is 4.13. The number of aliphatic hydroxyl groups is 1. The van der Waals surface area contributed by atoms with Crippen molar-refractivity contribution < 1.29 is 19.3 Å². The van der Waals surface area contributed by atoms with Gasteiger partial charge in [0.1, 0.15) is 18.3 Å². The van der Waals surface area contributed by atoms with Gasteiger partial charge in [-0.15, -0.1) is 0 Å². The highest BCUT2D eigenvalue weighted by atomic mass is 35.5. The van der Waals surface area contributed by atoms with Crippen LogP contribution in [0.4, 0.5) is 0 Å². The Bertz CT molecular complexity index is 1620. The monoisotopic (exact) mass is 529 g/mol. The van der Waals surface area contributed by atoms with E-state index < -0.39 is 6.10 Å². The molecule has 2 N–H and O–H groups in total. The minimum absolute atomic E-state index is 0.241. The van der Waals surface area contributed by atoms with Crippen LogP contribution in [0.15, 0.2) is 67.0 Å². The molecule has 9 nitrogen and oxygen atoms in total. The molecule has 2 aliphatic rings. The predicted octanol–water partition coefficient (Wildman–Crippen LogP) is 4.25. The Hall–Kier alpha value is -3.76. The number of nitrogens with zero attached hydrogens (tertiary/aromatic N) is 4. The lowest BCUT2D eigenvalue weighted by molar-refractivity contribution is 0.00706. The second-order valence-electron chi connectivity index (χ2n) is 9.61. The zero-order chi connectivity index (χ0) is 25.8. The number of aryl methyl sites for hydroxylation is 1. The van der Waals surface area contributed by atoms with Gasteiger partial charge >= 0.3 is 0 Å². The van der Waals surface area contributed by atoms with Gasteiger partial charge in [-0.1, -0.05) is 60.1 Å². The molecule has 2 saturated heterocycles. The van der Waals surface area contributed by atoms with Gasteiger partial charge in [0.25, 0.3) is 6.01 Å². The number of halogens is 1. The first-order valence-electron chi connectivity index (χ1n) is 12.4. The summed E-state index contributed by atoms with van der Waals surface area (Å²) in [5, 5.41) is 14.7. The van der Waals surface area contributed by atoms with Crippen LogP contribution in [0.25, 0.3) is 44.7 Å². The normalized spacial score (nSPS) is 22.7. The first kappa shape index (κ1) is 23.4. The van der Waals surface area contributed by atoms with Crippen LogP contribution in [-0.4, -0.2) is 67.5 Å². The largest absolute Gasteiger partial charge is 0.456 e. The fourth-order valence-corrected chi connectivity index (χ4v) is 5.35. The maximum atomic E-state index is 9.95. The summed E-state index contributed by atoms with van der Waals surface area (Å²) < 4.78 is 19.1. The third-order valence-corrected chi connectivity index (χ3v) is 7.35. The lowest BCUT2D eigenvalue weighted by Crippen LogP contribution is -2.34. The predicted molar refractivity (Wildman–Crippen MR) is 142 cm³/mol. The van der Waals surface area contributed by atoms with Crippen LogP contribution >= 0.6 is 11.6 Å². The highest BCUT2D eigenvalue weighted by Gasteiger charge is 2.48. The molecular weight excluding hydrogens is 506 g/mol. The average Bonchev–Trinajstić information content (AvgIpc) is 3.71. The standard InChI is InChI=1S/C28H24ClN5O4/c1-34-12-19(11-30-34)17-4-2-15(3-5-17)16-6-8-18(9-7-16)24-20(29)10-21-27(32-24)33-28(31-21)38-23-14-37-25-22(35)13-36-26(23)25/h2-12,22-23,25-26,35H,13-14H2,1H3,(H,31,32,33)/t22-,23-,25-,26-/m1/s1. The van der Waals surface area contributed by atoms with E-state index in [9.17, 15) is 5.11 Å². The smallest absolute Gasteiger partial charge is 0.296 e. The zero-order valence-corrected chi connectivity index (χ0v) is 21.2. The summed E-state index contributed by atoms with van der Waals surface area (Å²) in [7, 11) is 1.91. The van der Waals surface area contributed by atoms with Gasteiger partial charge in [0.15, 0.2) is 11.8 Å². The van der Waals surface area contributed by atoms with Crippen molar-refractivity contribution in [1.29, 1.82) is 0 Å². The molecule has 2 aromatic carbocycles. The molecule has 4 atom stereocenters. The molecule has 0 amide bonds. The summed E-state index contributed by atoms with van der Waals surface area (Å²) in [5.74, 6) is 0. The molecule has 38 heavy (non-hydrogen) atoms. The van der Waals surface area contributed by atoms with Crippen molar-refractivity contribution in [3.63, 3.8) is 0 Å². The summed E-state index contributed by atoms with van der Waals surface area (Å²) in [6.45, 7) is 0.562. The Labute approximate surface area is 223 Å². The molecule has 0 saturated carbocycles. The number of aromatic amines is 1. The number of ether oxygens (including phenoxy) is 3.